The molecule has 2 rings (SSSR count). The summed E-state index contributed by atoms with van der Waals surface area (Å²) in [6, 6.07) is 1.89. The minimum Gasteiger partial charge on any atom is -0.506 e. The fourth-order valence-corrected chi connectivity index (χ4v) is 2.96. The topological polar surface area (TPSA) is 49.7 Å². The van der Waals surface area contributed by atoms with E-state index in [0.29, 0.717) is 10.6 Å². The molecule has 1 aliphatic carbocycles. The molecular weight excluding hydrogens is 250 g/mol. The maximum absolute atomic E-state index is 10.7. The van der Waals surface area contributed by atoms with Crippen molar-refractivity contribution < 1.29 is 9.90 Å². The Balaban J connectivity index is 2.66. The maximum atomic E-state index is 10.7. The van der Waals surface area contributed by atoms with Crippen molar-refractivity contribution >= 4 is 17.7 Å². The largest absolute Gasteiger partial charge is 0.506 e. The van der Waals surface area contributed by atoms with Gasteiger partial charge in [-0.3, -0.25) is 0 Å². The summed E-state index contributed by atoms with van der Waals surface area (Å²) in [4.78, 5) is 14.7. The lowest BCUT2D eigenvalue weighted by molar-refractivity contribution is 0.408. The number of benzene rings is 1. The van der Waals surface area contributed by atoms with Gasteiger partial charge in [0.25, 0.3) is 0 Å². The van der Waals surface area contributed by atoms with Crippen LogP contribution in [0.3, 0.4) is 0 Å². The first kappa shape index (κ1) is 13.1. The molecule has 1 saturated carbocycles. The quantitative estimate of drug-likeness (QED) is 0.654. The van der Waals surface area contributed by atoms with Crippen LogP contribution in [-0.4, -0.2) is 11.2 Å². The van der Waals surface area contributed by atoms with Crippen LogP contribution in [0.2, 0.25) is 5.02 Å². The van der Waals surface area contributed by atoms with Crippen LogP contribution in [0, 0.1) is 13.8 Å². The van der Waals surface area contributed by atoms with Crippen molar-refractivity contribution in [1.29, 1.82) is 0 Å². The standard InChI is InChI=1S/C14H16ClNO2/c1-9-7-11(13(18)12(15)10(9)2)14(16-8-17)5-3-4-6-14/h7,18H,3-6H2,1-2H3. The van der Waals surface area contributed by atoms with E-state index in [-0.39, 0.29) is 5.75 Å². The van der Waals surface area contributed by atoms with Crippen LogP contribution in [-0.2, 0) is 10.3 Å². The third-order valence-electron chi connectivity index (χ3n) is 3.94. The molecule has 3 nitrogen and oxygen atoms in total. The number of halogens is 1. The Morgan fingerprint density at radius 1 is 1.39 bits per heavy atom. The summed E-state index contributed by atoms with van der Waals surface area (Å²) in [7, 11) is 0. The number of aromatic hydroxyl groups is 1. The highest BCUT2D eigenvalue weighted by Crippen LogP contribution is 2.48. The zero-order chi connectivity index (χ0) is 13.3. The van der Waals surface area contributed by atoms with Crippen LogP contribution in [0.5, 0.6) is 5.75 Å². The highest BCUT2D eigenvalue weighted by atomic mass is 35.5. The molecule has 1 N–H and O–H groups in total. The molecule has 0 spiro atoms. The molecule has 18 heavy (non-hydrogen) atoms. The number of hydrogen-bond donors (Lipinski definition) is 1. The Bertz CT molecular complexity index is 527. The van der Waals surface area contributed by atoms with Gasteiger partial charge in [-0.1, -0.05) is 24.4 Å². The Kier molecular flexibility index (Phi) is 3.47. The number of aryl methyl sites for hydroxylation is 1. The van der Waals surface area contributed by atoms with Crippen LogP contribution < -0.4 is 0 Å². The van der Waals surface area contributed by atoms with Gasteiger partial charge in [-0.2, -0.15) is 4.99 Å². The van der Waals surface area contributed by atoms with Crippen molar-refractivity contribution in [3.05, 3.63) is 27.8 Å². The van der Waals surface area contributed by atoms with E-state index < -0.39 is 5.54 Å². The molecule has 0 aliphatic heterocycles. The van der Waals surface area contributed by atoms with Crippen LogP contribution >= 0.6 is 11.6 Å². The van der Waals surface area contributed by atoms with Gasteiger partial charge < -0.3 is 5.11 Å². The molecule has 0 bridgehead atoms. The summed E-state index contributed by atoms with van der Waals surface area (Å²) in [5, 5.41) is 10.6. The average molecular weight is 266 g/mol. The number of isocyanates is 1. The Labute approximate surface area is 111 Å². The predicted octanol–water partition coefficient (Wildman–Crippen LogP) is 3.77. The Morgan fingerprint density at radius 3 is 2.56 bits per heavy atom. The van der Waals surface area contributed by atoms with Crippen LogP contribution in [0.15, 0.2) is 11.1 Å². The predicted molar refractivity (Wildman–Crippen MR) is 70.9 cm³/mol. The summed E-state index contributed by atoms with van der Waals surface area (Å²) < 4.78 is 0. The molecule has 1 aromatic rings. The van der Waals surface area contributed by atoms with Gasteiger partial charge in [-0.05, 0) is 43.9 Å². The van der Waals surface area contributed by atoms with Gasteiger partial charge in [-0.25, -0.2) is 4.79 Å². The van der Waals surface area contributed by atoms with E-state index in [4.69, 9.17) is 11.6 Å². The number of phenols is 1. The number of hydrogen-bond acceptors (Lipinski definition) is 3. The fraction of sp³-hybridized carbons (Fsp3) is 0.500. The summed E-state index contributed by atoms with van der Waals surface area (Å²) >= 11 is 6.14. The normalized spacial score (nSPS) is 17.5. The van der Waals surface area contributed by atoms with Crippen molar-refractivity contribution in [2.45, 2.75) is 45.1 Å². The third kappa shape index (κ3) is 1.94. The van der Waals surface area contributed by atoms with Crippen LogP contribution in [0.4, 0.5) is 0 Å². The number of phenolic OH excluding ortho intramolecular Hbond substituents is 1. The lowest BCUT2D eigenvalue weighted by Crippen LogP contribution is -2.19. The highest BCUT2D eigenvalue weighted by molar-refractivity contribution is 6.33. The molecule has 96 valence electrons. The van der Waals surface area contributed by atoms with Gasteiger partial charge in [-0.15, -0.1) is 0 Å². The van der Waals surface area contributed by atoms with Crippen LogP contribution in [0.1, 0.15) is 42.4 Å². The molecular formula is C14H16ClNO2. The first-order valence-electron chi connectivity index (χ1n) is 6.10. The molecule has 1 fully saturated rings. The summed E-state index contributed by atoms with van der Waals surface area (Å²) in [6.45, 7) is 3.81. The second kappa shape index (κ2) is 4.75. The molecule has 0 radical (unpaired) electrons. The lowest BCUT2D eigenvalue weighted by atomic mass is 9.86. The summed E-state index contributed by atoms with van der Waals surface area (Å²) in [5.74, 6) is 0.0562. The molecule has 0 amide bonds. The molecule has 1 aromatic carbocycles. The molecule has 4 heteroatoms. The molecule has 0 aromatic heterocycles. The van der Waals surface area contributed by atoms with Crippen molar-refractivity contribution in [2.75, 3.05) is 0 Å². The summed E-state index contributed by atoms with van der Waals surface area (Å²) in [6.07, 6.45) is 5.16. The molecule has 0 atom stereocenters. The highest BCUT2D eigenvalue weighted by Gasteiger charge is 2.38. The first-order valence-corrected chi connectivity index (χ1v) is 6.48. The SMILES string of the molecule is Cc1cc(C2(N=C=O)CCCC2)c(O)c(Cl)c1C. The monoisotopic (exact) mass is 265 g/mol. The van der Waals surface area contributed by atoms with Gasteiger partial charge in [0.2, 0.25) is 6.08 Å². The Morgan fingerprint density at radius 2 is 2.00 bits per heavy atom. The lowest BCUT2D eigenvalue weighted by Gasteiger charge is -2.25. The van der Waals surface area contributed by atoms with Crippen molar-refractivity contribution in [3.8, 4) is 5.75 Å². The van der Waals surface area contributed by atoms with E-state index in [1.165, 1.54) is 0 Å². The molecule has 0 heterocycles. The second-order valence-corrected chi connectivity index (χ2v) is 5.35. The minimum absolute atomic E-state index is 0.0562. The van der Waals surface area contributed by atoms with Gasteiger partial charge in [0, 0.05) is 5.56 Å². The molecule has 0 unspecified atom stereocenters. The number of aliphatic imine (C=N–C) groups is 1. The van der Waals surface area contributed by atoms with E-state index >= 15 is 0 Å². The van der Waals surface area contributed by atoms with Gasteiger partial charge in [0.1, 0.15) is 11.3 Å². The number of nitrogens with zero attached hydrogens (tertiary/aromatic N) is 1. The zero-order valence-electron chi connectivity index (χ0n) is 10.6. The zero-order valence-corrected chi connectivity index (χ0v) is 11.3. The van der Waals surface area contributed by atoms with E-state index in [1.54, 1.807) is 6.08 Å². The number of carbonyl (C=O) groups excluding carboxylic acids is 1. The van der Waals surface area contributed by atoms with Gasteiger partial charge in [0.05, 0.1) is 5.02 Å². The third-order valence-corrected chi connectivity index (χ3v) is 4.40. The maximum Gasteiger partial charge on any atom is 0.235 e. The van der Waals surface area contributed by atoms with Gasteiger partial charge in [0.15, 0.2) is 0 Å². The molecule has 0 saturated heterocycles. The molecule has 1 aliphatic rings. The minimum atomic E-state index is -0.631. The van der Waals surface area contributed by atoms with E-state index in [1.807, 2.05) is 19.9 Å². The van der Waals surface area contributed by atoms with Crippen LogP contribution in [0.25, 0.3) is 0 Å². The smallest absolute Gasteiger partial charge is 0.235 e. The summed E-state index contributed by atoms with van der Waals surface area (Å²) in [5.41, 5.74) is 1.89. The van der Waals surface area contributed by atoms with E-state index in [2.05, 4.69) is 4.99 Å². The Hall–Kier alpha value is -1.31. The van der Waals surface area contributed by atoms with Crippen molar-refractivity contribution in [2.24, 2.45) is 4.99 Å². The van der Waals surface area contributed by atoms with E-state index in [0.717, 1.165) is 36.8 Å². The first-order chi connectivity index (χ1) is 8.52. The van der Waals surface area contributed by atoms with E-state index in [9.17, 15) is 9.90 Å². The van der Waals surface area contributed by atoms with Crippen molar-refractivity contribution in [1.82, 2.24) is 0 Å². The number of rotatable bonds is 2. The second-order valence-electron chi connectivity index (χ2n) is 4.97. The fourth-order valence-electron chi connectivity index (χ4n) is 2.71. The van der Waals surface area contributed by atoms with Crippen molar-refractivity contribution in [3.63, 3.8) is 0 Å². The average Bonchev–Trinajstić information content (AvgIpc) is 2.81. The van der Waals surface area contributed by atoms with Gasteiger partial charge >= 0.3 is 0 Å².